The van der Waals surface area contributed by atoms with Crippen molar-refractivity contribution in [1.82, 2.24) is 15.1 Å². The van der Waals surface area contributed by atoms with Crippen LogP contribution in [0.4, 0.5) is 4.79 Å². The van der Waals surface area contributed by atoms with Crippen LogP contribution in [0.15, 0.2) is 4.99 Å². The molecule has 7 nitrogen and oxygen atoms in total. The summed E-state index contributed by atoms with van der Waals surface area (Å²) in [5.41, 5.74) is -1.22. The van der Waals surface area contributed by atoms with Crippen LogP contribution in [-0.2, 0) is 9.53 Å². The van der Waals surface area contributed by atoms with Crippen LogP contribution < -0.4 is 5.32 Å². The van der Waals surface area contributed by atoms with Crippen molar-refractivity contribution in [3.63, 3.8) is 0 Å². The van der Waals surface area contributed by atoms with E-state index in [0.717, 1.165) is 25.0 Å². The van der Waals surface area contributed by atoms with E-state index in [2.05, 4.69) is 17.1 Å². The number of rotatable bonds is 3. The maximum atomic E-state index is 12.7. The van der Waals surface area contributed by atoms with Gasteiger partial charge in [0.1, 0.15) is 11.1 Å². The average Bonchev–Trinajstić information content (AvgIpc) is 2.95. The van der Waals surface area contributed by atoms with Gasteiger partial charge >= 0.3 is 6.09 Å². The number of carbonyl (C=O) groups is 2. The average molecular weight is 393 g/mol. The van der Waals surface area contributed by atoms with Crippen molar-refractivity contribution in [2.75, 3.05) is 26.2 Å². The number of piperidine rings is 2. The smallest absolute Gasteiger partial charge is 0.410 e. The van der Waals surface area contributed by atoms with Crippen LogP contribution in [0.2, 0.25) is 0 Å². The van der Waals surface area contributed by atoms with Crippen LogP contribution in [-0.4, -0.2) is 65.1 Å². The van der Waals surface area contributed by atoms with Gasteiger partial charge < -0.3 is 14.5 Å². The number of nitrogens with zero attached hydrogens (tertiary/aromatic N) is 3. The molecule has 7 heteroatoms. The van der Waals surface area contributed by atoms with Crippen molar-refractivity contribution in [3.05, 3.63) is 0 Å². The molecule has 0 bridgehead atoms. The molecule has 3 aliphatic rings. The second-order valence-corrected chi connectivity index (χ2v) is 9.46. The fourth-order valence-corrected chi connectivity index (χ4v) is 4.30. The van der Waals surface area contributed by atoms with Crippen molar-refractivity contribution < 1.29 is 14.3 Å². The third kappa shape index (κ3) is 4.78. The molecule has 0 unspecified atom stereocenters. The number of unbranched alkanes of at least 4 members (excludes halogenated alkanes) is 1. The van der Waals surface area contributed by atoms with Crippen molar-refractivity contribution in [2.45, 2.75) is 83.8 Å². The number of ether oxygens (including phenoxy) is 1. The van der Waals surface area contributed by atoms with E-state index in [4.69, 9.17) is 9.73 Å². The van der Waals surface area contributed by atoms with E-state index in [-0.39, 0.29) is 12.0 Å². The van der Waals surface area contributed by atoms with E-state index in [0.29, 0.717) is 25.9 Å². The zero-order valence-electron chi connectivity index (χ0n) is 17.9. The quantitative estimate of drug-likeness (QED) is 0.801. The lowest BCUT2D eigenvalue weighted by Crippen LogP contribution is -2.51. The van der Waals surface area contributed by atoms with Crippen LogP contribution in [0.25, 0.3) is 0 Å². The van der Waals surface area contributed by atoms with Gasteiger partial charge in [0, 0.05) is 26.2 Å². The zero-order chi connectivity index (χ0) is 20.4. The molecular formula is C21H36N4O3. The lowest BCUT2D eigenvalue weighted by atomic mass is 9.88. The van der Waals surface area contributed by atoms with E-state index in [1.165, 1.54) is 32.1 Å². The van der Waals surface area contributed by atoms with Gasteiger partial charge in [-0.05, 0) is 52.4 Å². The number of hydrogen-bond donors (Lipinski definition) is 1. The minimum atomic E-state index is -0.715. The summed E-state index contributed by atoms with van der Waals surface area (Å²) in [5, 5.41) is 3.03. The van der Waals surface area contributed by atoms with Crippen LogP contribution >= 0.6 is 0 Å². The van der Waals surface area contributed by atoms with Gasteiger partial charge in [0.2, 0.25) is 5.96 Å². The Morgan fingerprint density at radius 1 is 1.21 bits per heavy atom. The van der Waals surface area contributed by atoms with Gasteiger partial charge in [0.15, 0.2) is 0 Å². The molecule has 1 spiro atoms. The summed E-state index contributed by atoms with van der Waals surface area (Å²) in [4.78, 5) is 33.8. The molecule has 0 aromatic heterocycles. The second kappa shape index (κ2) is 8.29. The Hall–Kier alpha value is -1.79. The van der Waals surface area contributed by atoms with Gasteiger partial charge in [-0.15, -0.1) is 0 Å². The first-order chi connectivity index (χ1) is 13.2. The molecule has 158 valence electrons. The maximum absolute atomic E-state index is 12.7. The minimum Gasteiger partial charge on any atom is -0.444 e. The minimum absolute atomic E-state index is 0.0144. The van der Waals surface area contributed by atoms with Gasteiger partial charge in [-0.25, -0.2) is 9.79 Å². The Kier molecular flexibility index (Phi) is 6.20. The molecule has 2 saturated heterocycles. The molecule has 3 heterocycles. The fourth-order valence-electron chi connectivity index (χ4n) is 4.30. The highest BCUT2D eigenvalue weighted by atomic mass is 16.6. The highest BCUT2D eigenvalue weighted by Gasteiger charge is 2.48. The molecule has 0 aliphatic carbocycles. The first-order valence-corrected chi connectivity index (χ1v) is 10.9. The number of aliphatic imine (C=N–C) groups is 1. The molecular weight excluding hydrogens is 356 g/mol. The molecule has 1 N–H and O–H groups in total. The lowest BCUT2D eigenvalue weighted by molar-refractivity contribution is -0.125. The third-order valence-corrected chi connectivity index (χ3v) is 6.09. The summed E-state index contributed by atoms with van der Waals surface area (Å²) < 4.78 is 5.45. The van der Waals surface area contributed by atoms with E-state index in [1.54, 1.807) is 4.90 Å². The standard InChI is InChI=1S/C21H36N4O3/c1-5-6-7-16-8-12-24(13-9-16)18-22-17(26)21(23-18)10-14-25(15-11-21)19(27)28-20(2,3)4/h16H,5-15H2,1-4H3,(H,22,23,26). The molecule has 0 atom stereocenters. The first kappa shape index (κ1) is 20.9. The van der Waals surface area contributed by atoms with Crippen molar-refractivity contribution >= 4 is 18.0 Å². The van der Waals surface area contributed by atoms with Gasteiger partial charge in [-0.3, -0.25) is 10.1 Å². The van der Waals surface area contributed by atoms with Gasteiger partial charge in [-0.2, -0.15) is 0 Å². The van der Waals surface area contributed by atoms with Crippen LogP contribution in [0.3, 0.4) is 0 Å². The Morgan fingerprint density at radius 3 is 2.43 bits per heavy atom. The predicted molar refractivity (Wildman–Crippen MR) is 109 cm³/mol. The first-order valence-electron chi connectivity index (χ1n) is 10.9. The Bertz CT molecular complexity index is 610. The lowest BCUT2D eigenvalue weighted by Gasteiger charge is -2.36. The summed E-state index contributed by atoms with van der Waals surface area (Å²) in [6, 6.07) is 0. The van der Waals surface area contributed by atoms with Crippen LogP contribution in [0.1, 0.15) is 72.6 Å². The highest BCUT2D eigenvalue weighted by Crippen LogP contribution is 2.32. The SMILES string of the molecule is CCCCC1CCN(C2=NC3(CCN(C(=O)OC(C)(C)C)CC3)C(=O)N2)CC1. The summed E-state index contributed by atoms with van der Waals surface area (Å²) in [6.07, 6.45) is 7.02. The van der Waals surface area contributed by atoms with Gasteiger partial charge in [0.25, 0.3) is 5.91 Å². The molecule has 3 aliphatic heterocycles. The van der Waals surface area contributed by atoms with Gasteiger partial charge in [0.05, 0.1) is 0 Å². The Labute approximate surface area is 168 Å². The molecule has 0 radical (unpaired) electrons. The molecule has 0 aromatic rings. The largest absolute Gasteiger partial charge is 0.444 e. The Balaban J connectivity index is 1.55. The molecule has 2 fully saturated rings. The molecule has 0 saturated carbocycles. The number of hydrogen-bond acceptors (Lipinski definition) is 5. The molecule has 2 amide bonds. The number of carbonyl (C=O) groups excluding carboxylic acids is 2. The van der Waals surface area contributed by atoms with Crippen LogP contribution in [0, 0.1) is 5.92 Å². The number of guanidine groups is 1. The van der Waals surface area contributed by atoms with Crippen LogP contribution in [0.5, 0.6) is 0 Å². The zero-order valence-corrected chi connectivity index (χ0v) is 17.9. The second-order valence-electron chi connectivity index (χ2n) is 9.46. The molecule has 3 rings (SSSR count). The van der Waals surface area contributed by atoms with Crippen molar-refractivity contribution in [3.8, 4) is 0 Å². The topological polar surface area (TPSA) is 74.2 Å². The highest BCUT2D eigenvalue weighted by molar-refractivity contribution is 6.07. The summed E-state index contributed by atoms with van der Waals surface area (Å²) in [5.74, 6) is 1.53. The summed E-state index contributed by atoms with van der Waals surface area (Å²) in [7, 11) is 0. The van der Waals surface area contributed by atoms with Crippen molar-refractivity contribution in [2.24, 2.45) is 10.9 Å². The third-order valence-electron chi connectivity index (χ3n) is 6.09. The van der Waals surface area contributed by atoms with E-state index in [9.17, 15) is 9.59 Å². The Morgan fingerprint density at radius 2 is 1.86 bits per heavy atom. The van der Waals surface area contributed by atoms with E-state index < -0.39 is 11.1 Å². The summed E-state index contributed by atoms with van der Waals surface area (Å²) in [6.45, 7) is 10.8. The van der Waals surface area contributed by atoms with Crippen molar-refractivity contribution in [1.29, 1.82) is 0 Å². The predicted octanol–water partition coefficient (Wildman–Crippen LogP) is 3.14. The number of nitrogens with one attached hydrogen (secondary N) is 1. The molecule has 0 aromatic carbocycles. The fraction of sp³-hybridized carbons (Fsp3) is 0.857. The van der Waals surface area contributed by atoms with E-state index >= 15 is 0 Å². The van der Waals surface area contributed by atoms with E-state index in [1.807, 2.05) is 20.8 Å². The maximum Gasteiger partial charge on any atom is 0.410 e. The summed E-state index contributed by atoms with van der Waals surface area (Å²) >= 11 is 0. The number of amides is 2. The van der Waals surface area contributed by atoms with Gasteiger partial charge in [-0.1, -0.05) is 26.2 Å². The normalized spacial score (nSPS) is 23.0. The number of likely N-dealkylation sites (tertiary alicyclic amines) is 2. The molecule has 28 heavy (non-hydrogen) atoms. The monoisotopic (exact) mass is 392 g/mol.